The van der Waals surface area contributed by atoms with E-state index < -0.39 is 11.9 Å². The van der Waals surface area contributed by atoms with Gasteiger partial charge in [-0.2, -0.15) is 0 Å². The molecule has 0 radical (unpaired) electrons. The molecular formula is C15H16O6. The second kappa shape index (κ2) is 7.80. The van der Waals surface area contributed by atoms with Crippen LogP contribution in [0.5, 0.6) is 11.5 Å². The molecule has 0 aliphatic heterocycles. The number of carboxylic acids is 1. The number of carboxylic acid groups (broad SMARTS) is 1. The van der Waals surface area contributed by atoms with E-state index >= 15 is 0 Å². The molecule has 0 spiro atoms. The van der Waals surface area contributed by atoms with Crippen molar-refractivity contribution in [1.82, 2.24) is 0 Å². The highest BCUT2D eigenvalue weighted by molar-refractivity contribution is 5.89. The number of hydrogen-bond acceptors (Lipinski definition) is 5. The average Bonchev–Trinajstić information content (AvgIpc) is 2.47. The van der Waals surface area contributed by atoms with Crippen LogP contribution < -0.4 is 9.47 Å². The van der Waals surface area contributed by atoms with Crippen molar-refractivity contribution in [2.75, 3.05) is 20.8 Å². The van der Waals surface area contributed by atoms with Crippen molar-refractivity contribution in [2.45, 2.75) is 13.3 Å². The number of carbonyl (C=O) groups excluding carboxylic acids is 1. The first-order valence-electron chi connectivity index (χ1n) is 6.17. The van der Waals surface area contributed by atoms with E-state index in [-0.39, 0.29) is 23.5 Å². The quantitative estimate of drug-likeness (QED) is 0.657. The lowest BCUT2D eigenvalue weighted by molar-refractivity contribution is -0.141. The smallest absolute Gasteiger partial charge is 0.335 e. The number of methoxy groups -OCH3 is 2. The standard InChI is InChI=1S/C15H16O6/c1-4-21-14(16)7-5-6-11-12(19-2)8-10(15(17)18)9-13(11)20-3/h8-9H,4,7H2,1-3H3,(H,17,18). The summed E-state index contributed by atoms with van der Waals surface area (Å²) in [5.41, 5.74) is 0.411. The van der Waals surface area contributed by atoms with Gasteiger partial charge < -0.3 is 19.3 Å². The van der Waals surface area contributed by atoms with Gasteiger partial charge >= 0.3 is 11.9 Å². The van der Waals surface area contributed by atoms with Crippen molar-refractivity contribution in [3.63, 3.8) is 0 Å². The van der Waals surface area contributed by atoms with Crippen LogP contribution in [0.2, 0.25) is 0 Å². The number of benzene rings is 1. The van der Waals surface area contributed by atoms with Crippen molar-refractivity contribution < 1.29 is 28.9 Å². The molecule has 6 heteroatoms. The van der Waals surface area contributed by atoms with Gasteiger partial charge in [-0.05, 0) is 19.1 Å². The molecule has 112 valence electrons. The molecule has 0 fully saturated rings. The van der Waals surface area contributed by atoms with Crippen LogP contribution in [0.1, 0.15) is 29.3 Å². The summed E-state index contributed by atoms with van der Waals surface area (Å²) in [7, 11) is 2.80. The van der Waals surface area contributed by atoms with E-state index in [1.54, 1.807) is 6.92 Å². The molecule has 0 heterocycles. The van der Waals surface area contributed by atoms with Gasteiger partial charge in [0, 0.05) is 0 Å². The Bertz CT molecular complexity index is 569. The topological polar surface area (TPSA) is 82.1 Å². The molecule has 0 saturated carbocycles. The molecule has 0 atom stereocenters. The van der Waals surface area contributed by atoms with Crippen LogP contribution in [0.25, 0.3) is 0 Å². The maximum Gasteiger partial charge on any atom is 0.335 e. The second-order valence-corrected chi connectivity index (χ2v) is 3.84. The fraction of sp³-hybridized carbons (Fsp3) is 0.333. The molecule has 1 aromatic rings. The Morgan fingerprint density at radius 2 is 1.76 bits per heavy atom. The van der Waals surface area contributed by atoms with Gasteiger partial charge in [0.2, 0.25) is 0 Å². The second-order valence-electron chi connectivity index (χ2n) is 3.84. The summed E-state index contributed by atoms with van der Waals surface area (Å²) < 4.78 is 15.0. The molecule has 21 heavy (non-hydrogen) atoms. The molecule has 0 aliphatic carbocycles. The number of ether oxygens (including phenoxy) is 3. The van der Waals surface area contributed by atoms with Crippen molar-refractivity contribution >= 4 is 11.9 Å². The number of rotatable bonds is 5. The zero-order valence-electron chi connectivity index (χ0n) is 12.1. The van der Waals surface area contributed by atoms with Crippen molar-refractivity contribution in [2.24, 2.45) is 0 Å². The molecule has 0 aromatic heterocycles. The fourth-order valence-electron chi connectivity index (χ4n) is 1.58. The lowest BCUT2D eigenvalue weighted by Gasteiger charge is -2.10. The van der Waals surface area contributed by atoms with Gasteiger partial charge in [0.1, 0.15) is 23.5 Å². The molecule has 0 saturated heterocycles. The van der Waals surface area contributed by atoms with E-state index in [0.29, 0.717) is 12.2 Å². The number of hydrogen-bond donors (Lipinski definition) is 1. The Morgan fingerprint density at radius 3 is 2.19 bits per heavy atom. The summed E-state index contributed by atoms with van der Waals surface area (Å²) in [6.45, 7) is 2.00. The predicted molar refractivity (Wildman–Crippen MR) is 74.6 cm³/mol. The minimum absolute atomic E-state index is 0.0274. The minimum Gasteiger partial charge on any atom is -0.495 e. The highest BCUT2D eigenvalue weighted by atomic mass is 16.5. The normalized spacial score (nSPS) is 9.29. The molecule has 0 bridgehead atoms. The summed E-state index contributed by atoms with van der Waals surface area (Å²) in [6, 6.07) is 2.69. The first-order valence-corrected chi connectivity index (χ1v) is 6.17. The minimum atomic E-state index is -1.10. The van der Waals surface area contributed by atoms with Crippen LogP contribution in [0.4, 0.5) is 0 Å². The van der Waals surface area contributed by atoms with Crippen molar-refractivity contribution in [3.8, 4) is 23.3 Å². The Kier molecular flexibility index (Phi) is 6.08. The van der Waals surface area contributed by atoms with E-state index in [2.05, 4.69) is 11.8 Å². The van der Waals surface area contributed by atoms with E-state index in [1.165, 1.54) is 26.4 Å². The summed E-state index contributed by atoms with van der Waals surface area (Å²) in [5, 5.41) is 9.02. The van der Waals surface area contributed by atoms with Crippen molar-refractivity contribution in [3.05, 3.63) is 23.3 Å². The van der Waals surface area contributed by atoms with E-state index in [1.807, 2.05) is 0 Å². The fourth-order valence-corrected chi connectivity index (χ4v) is 1.58. The summed E-state index contributed by atoms with van der Waals surface area (Å²) in [6.07, 6.45) is -0.0686. The first-order chi connectivity index (χ1) is 10.0. The SMILES string of the molecule is CCOC(=O)CC#Cc1c(OC)cc(C(=O)O)cc1OC. The van der Waals surface area contributed by atoms with E-state index in [4.69, 9.17) is 19.3 Å². The largest absolute Gasteiger partial charge is 0.495 e. The van der Waals surface area contributed by atoms with Crippen molar-refractivity contribution in [1.29, 1.82) is 0 Å². The lowest BCUT2D eigenvalue weighted by Crippen LogP contribution is -2.02. The number of aromatic carboxylic acids is 1. The van der Waals surface area contributed by atoms with Gasteiger partial charge in [-0.1, -0.05) is 11.8 Å². The molecular weight excluding hydrogens is 276 g/mol. The maximum absolute atomic E-state index is 11.2. The van der Waals surface area contributed by atoms with E-state index in [9.17, 15) is 9.59 Å². The van der Waals surface area contributed by atoms with Crippen LogP contribution >= 0.6 is 0 Å². The first kappa shape index (κ1) is 16.4. The maximum atomic E-state index is 11.2. The van der Waals surface area contributed by atoms with Crippen LogP contribution in [0.15, 0.2) is 12.1 Å². The van der Waals surface area contributed by atoms with Crippen LogP contribution in [-0.2, 0) is 9.53 Å². The Morgan fingerprint density at radius 1 is 1.19 bits per heavy atom. The van der Waals surface area contributed by atoms with Gasteiger partial charge in [-0.25, -0.2) is 4.79 Å². The number of esters is 1. The Labute approximate surface area is 122 Å². The molecule has 0 aliphatic rings. The highest BCUT2D eigenvalue weighted by Crippen LogP contribution is 2.29. The molecule has 1 N–H and O–H groups in total. The summed E-state index contributed by atoms with van der Waals surface area (Å²) in [4.78, 5) is 22.2. The molecule has 6 nitrogen and oxygen atoms in total. The van der Waals surface area contributed by atoms with Crippen LogP contribution in [0.3, 0.4) is 0 Å². The molecule has 1 rings (SSSR count). The van der Waals surface area contributed by atoms with Gasteiger partial charge in [0.25, 0.3) is 0 Å². The highest BCUT2D eigenvalue weighted by Gasteiger charge is 2.14. The van der Waals surface area contributed by atoms with Gasteiger partial charge in [-0.3, -0.25) is 4.79 Å². The van der Waals surface area contributed by atoms with Crippen LogP contribution in [-0.4, -0.2) is 37.9 Å². The van der Waals surface area contributed by atoms with Gasteiger partial charge in [-0.15, -0.1) is 0 Å². The van der Waals surface area contributed by atoms with Crippen LogP contribution in [0, 0.1) is 11.8 Å². The predicted octanol–water partition coefficient (Wildman–Crippen LogP) is 1.71. The summed E-state index contributed by atoms with van der Waals surface area (Å²) >= 11 is 0. The van der Waals surface area contributed by atoms with Gasteiger partial charge in [0.15, 0.2) is 0 Å². The number of carbonyl (C=O) groups is 2. The third-order valence-electron chi connectivity index (χ3n) is 2.50. The molecule has 0 amide bonds. The zero-order chi connectivity index (χ0) is 15.8. The Hall–Kier alpha value is -2.68. The molecule has 1 aromatic carbocycles. The van der Waals surface area contributed by atoms with E-state index in [0.717, 1.165) is 0 Å². The Balaban J connectivity index is 3.13. The lowest BCUT2D eigenvalue weighted by atomic mass is 10.1. The van der Waals surface area contributed by atoms with Gasteiger partial charge in [0.05, 0.1) is 26.4 Å². The summed E-state index contributed by atoms with van der Waals surface area (Å²) in [5.74, 6) is 4.41. The average molecular weight is 292 g/mol. The third kappa shape index (κ3) is 4.42. The molecule has 0 unspecified atom stereocenters. The third-order valence-corrected chi connectivity index (χ3v) is 2.50. The zero-order valence-corrected chi connectivity index (χ0v) is 12.1. The monoisotopic (exact) mass is 292 g/mol.